The van der Waals surface area contributed by atoms with E-state index in [2.05, 4.69) is 0 Å². The number of carbonyl (C=O) groups excluding carboxylic acids is 1. The molecule has 0 aliphatic rings. The number of carbonyl (C=O) groups is 1. The van der Waals surface area contributed by atoms with Gasteiger partial charge >= 0.3 is 12.1 Å². The van der Waals surface area contributed by atoms with Crippen LogP contribution in [0.3, 0.4) is 0 Å². The second-order valence-corrected chi connectivity index (χ2v) is 4.78. The molecule has 0 fully saturated rings. The number of nitrogens with one attached hydrogen (secondary N) is 1. The highest BCUT2D eigenvalue weighted by Gasteiger charge is 2.38. The quantitative estimate of drug-likeness (QED) is 0.687. The van der Waals surface area contributed by atoms with Gasteiger partial charge in [-0.15, -0.1) is 0 Å². The van der Waals surface area contributed by atoms with Gasteiger partial charge in [0.1, 0.15) is 12.4 Å². The first-order valence-corrected chi connectivity index (χ1v) is 7.11. The first kappa shape index (κ1) is 18.3. The summed E-state index contributed by atoms with van der Waals surface area (Å²) in [5.41, 5.74) is 1.06. The molecule has 1 aromatic carbocycles. The maximum Gasteiger partial charge on any atom is 0.471 e. The Bertz CT molecular complexity index is 464. The Kier molecular flexibility index (Phi) is 7.73. The minimum Gasteiger partial charge on any atom is -0.492 e. The van der Waals surface area contributed by atoms with Gasteiger partial charge in [-0.2, -0.15) is 13.2 Å². The van der Waals surface area contributed by atoms with Crippen LogP contribution >= 0.6 is 0 Å². The summed E-state index contributed by atoms with van der Waals surface area (Å²) in [5, 5.41) is 10.4. The number of hydrogen-bond donors (Lipinski definition) is 2. The van der Waals surface area contributed by atoms with Gasteiger partial charge in [0, 0.05) is 6.61 Å². The molecule has 0 bridgehead atoms. The molecule has 0 aliphatic heterocycles. The maximum atomic E-state index is 12.0. The molecule has 0 spiro atoms. The van der Waals surface area contributed by atoms with Gasteiger partial charge in [0.2, 0.25) is 0 Å². The summed E-state index contributed by atoms with van der Waals surface area (Å²) < 4.78 is 41.2. The zero-order chi connectivity index (χ0) is 16.4. The smallest absolute Gasteiger partial charge is 0.471 e. The third-order valence-corrected chi connectivity index (χ3v) is 2.94. The largest absolute Gasteiger partial charge is 0.492 e. The number of aliphatic hydroxyl groups is 1. The Morgan fingerprint density at radius 2 is 2.00 bits per heavy atom. The summed E-state index contributed by atoms with van der Waals surface area (Å²) in [7, 11) is 0. The van der Waals surface area contributed by atoms with Crippen molar-refractivity contribution in [2.45, 2.75) is 31.9 Å². The van der Waals surface area contributed by atoms with Gasteiger partial charge in [0.25, 0.3) is 0 Å². The molecule has 4 nitrogen and oxygen atoms in total. The van der Waals surface area contributed by atoms with Crippen molar-refractivity contribution < 1.29 is 27.8 Å². The van der Waals surface area contributed by atoms with Gasteiger partial charge in [0.15, 0.2) is 0 Å². The van der Waals surface area contributed by atoms with E-state index in [1.807, 2.05) is 18.2 Å². The minimum atomic E-state index is -4.87. The third kappa shape index (κ3) is 7.31. The Hall–Kier alpha value is -1.76. The molecule has 0 saturated carbocycles. The number of ether oxygens (including phenoxy) is 1. The molecule has 124 valence electrons. The van der Waals surface area contributed by atoms with Crippen molar-refractivity contribution in [3.05, 3.63) is 29.8 Å². The lowest BCUT2D eigenvalue weighted by atomic mass is 10.1. The summed E-state index contributed by atoms with van der Waals surface area (Å²) in [6.07, 6.45) is -1.36. The van der Waals surface area contributed by atoms with Crippen LogP contribution in [0, 0.1) is 0 Å². The highest BCUT2D eigenvalue weighted by atomic mass is 19.4. The van der Waals surface area contributed by atoms with E-state index in [0.717, 1.165) is 31.2 Å². The van der Waals surface area contributed by atoms with Crippen molar-refractivity contribution in [3.63, 3.8) is 0 Å². The number of halogens is 3. The topological polar surface area (TPSA) is 58.6 Å². The maximum absolute atomic E-state index is 12.0. The standard InChI is InChI=1S/C15H20F3NO3/c16-15(17,18)14(21)19-8-10-22-13-7-4-6-12(11-13)5-2-1-3-9-20/h4,6-7,11,20H,1-3,5,8-10H2,(H,19,21). The number of aliphatic hydroxyl groups excluding tert-OH is 1. The number of alkyl halides is 3. The fourth-order valence-electron chi connectivity index (χ4n) is 1.84. The molecule has 0 atom stereocenters. The summed E-state index contributed by atoms with van der Waals surface area (Å²) in [6, 6.07) is 7.29. The Morgan fingerprint density at radius 1 is 1.23 bits per heavy atom. The van der Waals surface area contributed by atoms with Crippen molar-refractivity contribution in [2.24, 2.45) is 0 Å². The van der Waals surface area contributed by atoms with Crippen molar-refractivity contribution in [2.75, 3.05) is 19.8 Å². The molecule has 1 amide bonds. The number of rotatable bonds is 9. The van der Waals surface area contributed by atoms with E-state index < -0.39 is 12.1 Å². The average molecular weight is 319 g/mol. The molecule has 0 heterocycles. The molecule has 7 heteroatoms. The van der Waals surface area contributed by atoms with Gasteiger partial charge in [-0.1, -0.05) is 18.6 Å². The zero-order valence-electron chi connectivity index (χ0n) is 12.2. The third-order valence-electron chi connectivity index (χ3n) is 2.94. The van der Waals surface area contributed by atoms with Gasteiger partial charge in [-0.25, -0.2) is 0 Å². The highest BCUT2D eigenvalue weighted by molar-refractivity contribution is 5.81. The number of hydrogen-bond acceptors (Lipinski definition) is 3. The van der Waals surface area contributed by atoms with Crippen LogP contribution in [-0.4, -0.2) is 36.9 Å². The van der Waals surface area contributed by atoms with Crippen LogP contribution in [-0.2, 0) is 11.2 Å². The number of amides is 1. The molecular formula is C15H20F3NO3. The molecule has 22 heavy (non-hydrogen) atoms. The van der Waals surface area contributed by atoms with Crippen molar-refractivity contribution in [3.8, 4) is 5.75 Å². The van der Waals surface area contributed by atoms with Crippen molar-refractivity contribution in [1.29, 1.82) is 0 Å². The molecule has 1 aromatic rings. The van der Waals surface area contributed by atoms with Gasteiger partial charge in [-0.3, -0.25) is 4.79 Å². The molecular weight excluding hydrogens is 299 g/mol. The van der Waals surface area contributed by atoms with Gasteiger partial charge in [0.05, 0.1) is 6.54 Å². The first-order chi connectivity index (χ1) is 10.4. The summed E-state index contributed by atoms with van der Waals surface area (Å²) >= 11 is 0. The van der Waals surface area contributed by atoms with Gasteiger partial charge in [-0.05, 0) is 37.0 Å². The van der Waals surface area contributed by atoms with Crippen LogP contribution in [0.5, 0.6) is 5.75 Å². The second kappa shape index (κ2) is 9.30. The fourth-order valence-corrected chi connectivity index (χ4v) is 1.84. The summed E-state index contributed by atoms with van der Waals surface area (Å²) in [4.78, 5) is 10.6. The minimum absolute atomic E-state index is 0.0320. The van der Waals surface area contributed by atoms with E-state index in [1.165, 1.54) is 0 Å². The van der Waals surface area contributed by atoms with Crippen LogP contribution in [0.1, 0.15) is 24.8 Å². The SMILES string of the molecule is O=C(NCCOc1cccc(CCCCCO)c1)C(F)(F)F. The number of unbranched alkanes of at least 4 members (excludes halogenated alkanes) is 2. The van der Waals surface area contributed by atoms with E-state index in [9.17, 15) is 18.0 Å². The molecule has 0 aliphatic carbocycles. The van der Waals surface area contributed by atoms with E-state index in [4.69, 9.17) is 9.84 Å². The fraction of sp³-hybridized carbons (Fsp3) is 0.533. The Balaban J connectivity index is 2.30. The van der Waals surface area contributed by atoms with Crippen LogP contribution in [0.4, 0.5) is 13.2 Å². The number of benzene rings is 1. The van der Waals surface area contributed by atoms with E-state index in [1.54, 1.807) is 11.4 Å². The molecule has 0 unspecified atom stereocenters. The highest BCUT2D eigenvalue weighted by Crippen LogP contribution is 2.16. The van der Waals surface area contributed by atoms with Crippen molar-refractivity contribution in [1.82, 2.24) is 5.32 Å². The lowest BCUT2D eigenvalue weighted by Gasteiger charge is -2.10. The Morgan fingerprint density at radius 3 is 2.68 bits per heavy atom. The van der Waals surface area contributed by atoms with E-state index >= 15 is 0 Å². The van der Waals surface area contributed by atoms with Gasteiger partial charge < -0.3 is 15.2 Å². The van der Waals surface area contributed by atoms with Crippen LogP contribution in [0.2, 0.25) is 0 Å². The lowest BCUT2D eigenvalue weighted by Crippen LogP contribution is -2.38. The first-order valence-electron chi connectivity index (χ1n) is 7.11. The lowest BCUT2D eigenvalue weighted by molar-refractivity contribution is -0.173. The molecule has 2 N–H and O–H groups in total. The summed E-state index contributed by atoms with van der Waals surface area (Å²) in [5.74, 6) is -1.41. The Labute approximate surface area is 127 Å². The monoisotopic (exact) mass is 319 g/mol. The molecule has 0 radical (unpaired) electrons. The predicted octanol–water partition coefficient (Wildman–Crippen LogP) is 2.45. The average Bonchev–Trinajstić information content (AvgIpc) is 2.47. The van der Waals surface area contributed by atoms with E-state index in [-0.39, 0.29) is 19.8 Å². The van der Waals surface area contributed by atoms with E-state index in [0.29, 0.717) is 5.75 Å². The molecule has 1 rings (SSSR count). The number of aryl methyl sites for hydroxylation is 1. The summed E-state index contributed by atoms with van der Waals surface area (Å²) in [6.45, 7) is -0.0539. The predicted molar refractivity (Wildman–Crippen MR) is 75.6 cm³/mol. The van der Waals surface area contributed by atoms with Crippen molar-refractivity contribution >= 4 is 5.91 Å². The van der Waals surface area contributed by atoms with Crippen LogP contribution in [0.15, 0.2) is 24.3 Å². The van der Waals surface area contributed by atoms with Crippen LogP contribution < -0.4 is 10.1 Å². The molecule has 0 aromatic heterocycles. The zero-order valence-corrected chi connectivity index (χ0v) is 12.2. The second-order valence-electron chi connectivity index (χ2n) is 4.78. The molecule has 0 saturated heterocycles. The van der Waals surface area contributed by atoms with Crippen LogP contribution in [0.25, 0.3) is 0 Å². The normalized spacial score (nSPS) is 11.3.